The lowest BCUT2D eigenvalue weighted by Gasteiger charge is -2.09. The second-order valence-electron chi connectivity index (χ2n) is 5.86. The number of hydrogen-bond acceptors (Lipinski definition) is 2. The van der Waals surface area contributed by atoms with E-state index in [1.165, 1.54) is 5.56 Å². The van der Waals surface area contributed by atoms with Crippen molar-refractivity contribution in [3.8, 4) is 11.3 Å². The molecule has 4 heteroatoms. The van der Waals surface area contributed by atoms with E-state index >= 15 is 0 Å². The Morgan fingerprint density at radius 3 is 2.58 bits per heavy atom. The van der Waals surface area contributed by atoms with Gasteiger partial charge >= 0.3 is 0 Å². The van der Waals surface area contributed by atoms with E-state index in [1.807, 2.05) is 36.4 Å². The molecule has 0 radical (unpaired) electrons. The predicted octanol–water partition coefficient (Wildman–Crippen LogP) is 4.54. The highest BCUT2D eigenvalue weighted by Gasteiger charge is 2.07. The van der Waals surface area contributed by atoms with Gasteiger partial charge in [0.15, 0.2) is 0 Å². The lowest BCUT2D eigenvalue weighted by Crippen LogP contribution is -2.17. The van der Waals surface area contributed by atoms with E-state index in [2.05, 4.69) is 24.4 Å². The molecular formula is C20H19ClN2O. The molecule has 0 aliphatic heterocycles. The molecule has 0 saturated heterocycles. The van der Waals surface area contributed by atoms with Gasteiger partial charge in [0.05, 0.1) is 11.2 Å². The molecule has 0 aliphatic carbocycles. The van der Waals surface area contributed by atoms with Crippen LogP contribution in [0.15, 0.2) is 48.5 Å². The highest BCUT2D eigenvalue weighted by molar-refractivity contribution is 6.30. The van der Waals surface area contributed by atoms with E-state index in [-0.39, 0.29) is 5.91 Å². The largest absolute Gasteiger partial charge is 0.359 e. The molecule has 0 fully saturated rings. The summed E-state index contributed by atoms with van der Waals surface area (Å²) in [6.07, 6.45) is 1.23. The zero-order chi connectivity index (χ0) is 17.1. The Balaban J connectivity index is 1.94. The Bertz CT molecular complexity index is 888. The molecule has 3 rings (SSSR count). The second-order valence-corrected chi connectivity index (χ2v) is 6.29. The van der Waals surface area contributed by atoms with Gasteiger partial charge in [0.25, 0.3) is 0 Å². The minimum Gasteiger partial charge on any atom is -0.359 e. The van der Waals surface area contributed by atoms with Crippen LogP contribution in [-0.2, 0) is 11.2 Å². The minimum absolute atomic E-state index is 0.0584. The highest BCUT2D eigenvalue weighted by atomic mass is 35.5. The molecule has 3 nitrogen and oxygen atoms in total. The molecule has 0 bridgehead atoms. The van der Waals surface area contributed by atoms with Gasteiger partial charge < -0.3 is 5.32 Å². The number of carbonyl (C=O) groups is 1. The van der Waals surface area contributed by atoms with Gasteiger partial charge in [-0.3, -0.25) is 4.79 Å². The number of benzene rings is 2. The van der Waals surface area contributed by atoms with Crippen LogP contribution in [0.1, 0.15) is 17.5 Å². The second kappa shape index (κ2) is 7.02. The first kappa shape index (κ1) is 16.5. The monoisotopic (exact) mass is 338 g/mol. The van der Waals surface area contributed by atoms with E-state index in [9.17, 15) is 4.79 Å². The molecule has 122 valence electrons. The number of halogens is 1. The number of hydrogen-bond donors (Lipinski definition) is 1. The summed E-state index contributed by atoms with van der Waals surface area (Å²) in [5.74, 6) is 0.0584. The summed E-state index contributed by atoms with van der Waals surface area (Å²) in [5.41, 5.74) is 5.27. The van der Waals surface area contributed by atoms with Crippen molar-refractivity contribution in [2.24, 2.45) is 0 Å². The van der Waals surface area contributed by atoms with Crippen LogP contribution in [0.5, 0.6) is 0 Å². The van der Waals surface area contributed by atoms with Gasteiger partial charge in [-0.25, -0.2) is 4.98 Å². The lowest BCUT2D eigenvalue weighted by molar-refractivity contribution is -0.120. The SMILES string of the molecule is CNC(=O)CCc1ccc2nc(-c3ccc(Cl)cc3)cc(C)c2c1. The maximum atomic E-state index is 11.4. The molecular weight excluding hydrogens is 320 g/mol. The van der Waals surface area contributed by atoms with E-state index in [0.717, 1.165) is 39.2 Å². The number of nitrogens with zero attached hydrogens (tertiary/aromatic N) is 1. The summed E-state index contributed by atoms with van der Waals surface area (Å²) in [6.45, 7) is 2.09. The summed E-state index contributed by atoms with van der Waals surface area (Å²) in [4.78, 5) is 16.2. The molecule has 0 saturated carbocycles. The molecule has 1 amide bonds. The summed E-state index contributed by atoms with van der Waals surface area (Å²) in [6, 6.07) is 16.0. The van der Waals surface area contributed by atoms with Crippen molar-refractivity contribution >= 4 is 28.4 Å². The first-order valence-electron chi connectivity index (χ1n) is 7.93. The van der Waals surface area contributed by atoms with Crippen molar-refractivity contribution in [2.75, 3.05) is 7.05 Å². The Morgan fingerprint density at radius 1 is 1.12 bits per heavy atom. The van der Waals surface area contributed by atoms with Crippen LogP contribution < -0.4 is 5.32 Å². The smallest absolute Gasteiger partial charge is 0.220 e. The van der Waals surface area contributed by atoms with Crippen molar-refractivity contribution in [3.63, 3.8) is 0 Å². The Morgan fingerprint density at radius 2 is 1.88 bits per heavy atom. The van der Waals surface area contributed by atoms with E-state index < -0.39 is 0 Å². The van der Waals surface area contributed by atoms with Gasteiger partial charge in [-0.15, -0.1) is 0 Å². The van der Waals surface area contributed by atoms with Crippen LogP contribution in [0.25, 0.3) is 22.2 Å². The summed E-state index contributed by atoms with van der Waals surface area (Å²) in [7, 11) is 1.66. The third-order valence-corrected chi connectivity index (χ3v) is 4.39. The van der Waals surface area contributed by atoms with E-state index in [1.54, 1.807) is 7.05 Å². The quantitative estimate of drug-likeness (QED) is 0.758. The molecule has 1 N–H and O–H groups in total. The zero-order valence-electron chi connectivity index (χ0n) is 13.8. The Hall–Kier alpha value is -2.39. The average Bonchev–Trinajstić information content (AvgIpc) is 2.60. The van der Waals surface area contributed by atoms with Crippen molar-refractivity contribution < 1.29 is 4.79 Å². The number of nitrogens with one attached hydrogen (secondary N) is 1. The van der Waals surface area contributed by atoms with Crippen molar-refractivity contribution in [1.82, 2.24) is 10.3 Å². The van der Waals surface area contributed by atoms with Crippen molar-refractivity contribution in [2.45, 2.75) is 19.8 Å². The van der Waals surface area contributed by atoms with Crippen LogP contribution in [0.3, 0.4) is 0 Å². The minimum atomic E-state index is 0.0584. The lowest BCUT2D eigenvalue weighted by atomic mass is 10.0. The molecule has 2 aromatic carbocycles. The summed E-state index contributed by atoms with van der Waals surface area (Å²) >= 11 is 5.96. The first-order valence-corrected chi connectivity index (χ1v) is 8.31. The standard InChI is InChI=1S/C20H19ClN2O/c1-13-11-19(15-5-7-16(21)8-6-15)23-18-9-3-14(12-17(13)18)4-10-20(24)22-2/h3,5-9,11-12H,4,10H2,1-2H3,(H,22,24). The number of aryl methyl sites for hydroxylation is 2. The fourth-order valence-electron chi connectivity index (χ4n) is 2.75. The van der Waals surface area contributed by atoms with E-state index in [0.29, 0.717) is 6.42 Å². The van der Waals surface area contributed by atoms with Gasteiger partial charge in [0.1, 0.15) is 0 Å². The van der Waals surface area contributed by atoms with Crippen molar-refractivity contribution in [3.05, 3.63) is 64.7 Å². The van der Waals surface area contributed by atoms with E-state index in [4.69, 9.17) is 16.6 Å². The molecule has 0 atom stereocenters. The van der Waals surface area contributed by atoms with Crippen LogP contribution in [0.2, 0.25) is 5.02 Å². The molecule has 0 aliphatic rings. The van der Waals surface area contributed by atoms with Crippen LogP contribution in [0.4, 0.5) is 0 Å². The van der Waals surface area contributed by atoms with Gasteiger partial charge in [-0.05, 0) is 54.8 Å². The van der Waals surface area contributed by atoms with Crippen LogP contribution in [-0.4, -0.2) is 17.9 Å². The number of amides is 1. The van der Waals surface area contributed by atoms with Gasteiger partial charge in [0.2, 0.25) is 5.91 Å². The summed E-state index contributed by atoms with van der Waals surface area (Å²) < 4.78 is 0. The molecule has 3 aromatic rings. The first-order chi connectivity index (χ1) is 11.6. The van der Waals surface area contributed by atoms with Gasteiger partial charge in [-0.2, -0.15) is 0 Å². The molecule has 0 spiro atoms. The third kappa shape index (κ3) is 3.57. The molecule has 24 heavy (non-hydrogen) atoms. The highest BCUT2D eigenvalue weighted by Crippen LogP contribution is 2.26. The van der Waals surface area contributed by atoms with Gasteiger partial charge in [0, 0.05) is 29.4 Å². The van der Waals surface area contributed by atoms with Crippen molar-refractivity contribution in [1.29, 1.82) is 0 Å². The summed E-state index contributed by atoms with van der Waals surface area (Å²) in [5, 5.41) is 4.50. The van der Waals surface area contributed by atoms with Crippen LogP contribution >= 0.6 is 11.6 Å². The van der Waals surface area contributed by atoms with Crippen LogP contribution in [0, 0.1) is 6.92 Å². The zero-order valence-corrected chi connectivity index (χ0v) is 14.5. The normalized spacial score (nSPS) is 10.8. The average molecular weight is 339 g/mol. The number of aromatic nitrogens is 1. The van der Waals surface area contributed by atoms with Gasteiger partial charge in [-0.1, -0.05) is 29.8 Å². The number of rotatable bonds is 4. The maximum absolute atomic E-state index is 11.4. The molecule has 1 aromatic heterocycles. The number of fused-ring (bicyclic) bond motifs is 1. The molecule has 1 heterocycles. The molecule has 0 unspecified atom stereocenters. The Labute approximate surface area is 146 Å². The predicted molar refractivity (Wildman–Crippen MR) is 99.3 cm³/mol. The maximum Gasteiger partial charge on any atom is 0.220 e. The topological polar surface area (TPSA) is 42.0 Å². The fourth-order valence-corrected chi connectivity index (χ4v) is 2.87. The fraction of sp³-hybridized carbons (Fsp3) is 0.200. The third-order valence-electron chi connectivity index (χ3n) is 4.14. The Kier molecular flexibility index (Phi) is 4.81. The number of pyridine rings is 1. The number of carbonyl (C=O) groups excluding carboxylic acids is 1.